The Labute approximate surface area is 90.9 Å². The molecule has 1 aromatic carbocycles. The molecule has 0 aromatic heterocycles. The number of rotatable bonds is 2. The molecule has 0 fully saturated rings. The van der Waals surface area contributed by atoms with Crippen molar-refractivity contribution >= 4 is 0 Å². The van der Waals surface area contributed by atoms with Crippen LogP contribution in [0.2, 0.25) is 0 Å². The minimum absolute atomic E-state index is 0.248. The lowest BCUT2D eigenvalue weighted by molar-refractivity contribution is -0.0411. The molecule has 0 aliphatic rings. The molecule has 0 heterocycles. The van der Waals surface area contributed by atoms with Crippen molar-refractivity contribution in [2.45, 2.75) is 39.7 Å². The van der Waals surface area contributed by atoms with E-state index in [0.29, 0.717) is 12.0 Å². The van der Waals surface area contributed by atoms with Crippen LogP contribution < -0.4 is 0 Å². The first-order chi connectivity index (χ1) is 6.74. The fraction of sp³-hybridized carbons (Fsp3) is 0.538. The zero-order chi connectivity index (χ0) is 11.7. The van der Waals surface area contributed by atoms with E-state index in [1.54, 1.807) is 25.1 Å². The molecule has 0 aliphatic heterocycles. The van der Waals surface area contributed by atoms with Crippen molar-refractivity contribution in [3.8, 4) is 0 Å². The summed E-state index contributed by atoms with van der Waals surface area (Å²) in [5.74, 6) is -0.248. The number of hydrogen-bond donors (Lipinski definition) is 1. The van der Waals surface area contributed by atoms with Gasteiger partial charge in [-0.05, 0) is 24.0 Å². The lowest BCUT2D eigenvalue weighted by Crippen LogP contribution is -2.41. The number of hydrogen-bond acceptors (Lipinski definition) is 1. The summed E-state index contributed by atoms with van der Waals surface area (Å²) < 4.78 is 13.4. The molecule has 84 valence electrons. The molecule has 0 saturated carbocycles. The third-order valence-corrected chi connectivity index (χ3v) is 3.11. The van der Waals surface area contributed by atoms with Crippen LogP contribution in [0.3, 0.4) is 0 Å². The topological polar surface area (TPSA) is 20.2 Å². The summed E-state index contributed by atoms with van der Waals surface area (Å²) in [6.07, 6.45) is 0.336. The lowest BCUT2D eigenvalue weighted by Gasteiger charge is -2.37. The van der Waals surface area contributed by atoms with Gasteiger partial charge in [-0.1, -0.05) is 39.0 Å². The van der Waals surface area contributed by atoms with Crippen LogP contribution in [0.25, 0.3) is 0 Å². The first kappa shape index (κ1) is 12.2. The number of benzene rings is 1. The minimum Gasteiger partial charge on any atom is -0.389 e. The molecule has 0 amide bonds. The van der Waals surface area contributed by atoms with Crippen molar-refractivity contribution in [1.29, 1.82) is 0 Å². The van der Waals surface area contributed by atoms with E-state index in [1.165, 1.54) is 6.07 Å². The van der Waals surface area contributed by atoms with Crippen molar-refractivity contribution in [1.82, 2.24) is 0 Å². The molecule has 0 aliphatic carbocycles. The van der Waals surface area contributed by atoms with Gasteiger partial charge in [0.25, 0.3) is 0 Å². The van der Waals surface area contributed by atoms with Crippen LogP contribution in [0.1, 0.15) is 33.3 Å². The molecule has 0 radical (unpaired) electrons. The Morgan fingerprint density at radius 1 is 1.13 bits per heavy atom. The van der Waals surface area contributed by atoms with Crippen LogP contribution in [0.15, 0.2) is 24.3 Å². The maximum Gasteiger partial charge on any atom is 0.126 e. The zero-order valence-electron chi connectivity index (χ0n) is 9.84. The van der Waals surface area contributed by atoms with Crippen LogP contribution >= 0.6 is 0 Å². The molecule has 0 spiro atoms. The normalized spacial score (nSPS) is 16.1. The maximum absolute atomic E-state index is 13.4. The summed E-state index contributed by atoms with van der Waals surface area (Å²) in [6.45, 7) is 7.61. The highest BCUT2D eigenvalue weighted by Gasteiger charge is 2.35. The smallest absolute Gasteiger partial charge is 0.126 e. The summed E-state index contributed by atoms with van der Waals surface area (Å²) in [6, 6.07) is 6.59. The maximum atomic E-state index is 13.4. The van der Waals surface area contributed by atoms with Gasteiger partial charge in [0.2, 0.25) is 0 Å². The van der Waals surface area contributed by atoms with Gasteiger partial charge in [-0.25, -0.2) is 4.39 Å². The fourth-order valence-corrected chi connectivity index (χ4v) is 1.28. The molecule has 2 heteroatoms. The number of aliphatic hydroxyl groups is 1. The summed E-state index contributed by atoms with van der Waals surface area (Å²) in [7, 11) is 0. The minimum atomic E-state index is -0.908. The van der Waals surface area contributed by atoms with Gasteiger partial charge >= 0.3 is 0 Å². The molecule has 1 atom stereocenters. The summed E-state index contributed by atoms with van der Waals surface area (Å²) in [5, 5.41) is 10.3. The van der Waals surface area contributed by atoms with E-state index in [0.717, 1.165) is 0 Å². The van der Waals surface area contributed by atoms with Gasteiger partial charge in [0.15, 0.2) is 0 Å². The molecule has 1 unspecified atom stereocenters. The largest absolute Gasteiger partial charge is 0.389 e. The molecule has 1 rings (SSSR count). The predicted molar refractivity (Wildman–Crippen MR) is 60.2 cm³/mol. The SMILES string of the molecule is CC(C)(C)C(C)(O)Cc1ccccc1F. The highest BCUT2D eigenvalue weighted by Crippen LogP contribution is 2.33. The molecule has 0 bridgehead atoms. The molecule has 15 heavy (non-hydrogen) atoms. The van der Waals surface area contributed by atoms with Crippen molar-refractivity contribution in [2.24, 2.45) is 5.41 Å². The van der Waals surface area contributed by atoms with E-state index in [1.807, 2.05) is 20.8 Å². The summed E-state index contributed by atoms with van der Waals surface area (Å²) in [5.41, 5.74) is -0.609. The van der Waals surface area contributed by atoms with E-state index in [9.17, 15) is 9.50 Å². The van der Waals surface area contributed by atoms with Gasteiger partial charge in [0, 0.05) is 6.42 Å². The Kier molecular flexibility index (Phi) is 3.19. The second-order valence-electron chi connectivity index (χ2n) is 5.29. The Bertz CT molecular complexity index is 337. The van der Waals surface area contributed by atoms with Gasteiger partial charge < -0.3 is 5.11 Å². The highest BCUT2D eigenvalue weighted by atomic mass is 19.1. The average Bonchev–Trinajstić information content (AvgIpc) is 2.06. The average molecular weight is 210 g/mol. The van der Waals surface area contributed by atoms with Gasteiger partial charge in [-0.2, -0.15) is 0 Å². The second kappa shape index (κ2) is 3.93. The van der Waals surface area contributed by atoms with Crippen LogP contribution in [-0.2, 0) is 6.42 Å². The standard InChI is InChI=1S/C13H19FO/c1-12(2,3)13(4,15)9-10-7-5-6-8-11(10)14/h5-8,15H,9H2,1-4H3. The van der Waals surface area contributed by atoms with Crippen LogP contribution in [-0.4, -0.2) is 10.7 Å². The van der Waals surface area contributed by atoms with E-state index in [2.05, 4.69) is 0 Å². The first-order valence-corrected chi connectivity index (χ1v) is 5.20. The monoisotopic (exact) mass is 210 g/mol. The van der Waals surface area contributed by atoms with E-state index in [-0.39, 0.29) is 11.2 Å². The van der Waals surface area contributed by atoms with Gasteiger partial charge in [-0.3, -0.25) is 0 Å². The second-order valence-corrected chi connectivity index (χ2v) is 5.29. The molecular formula is C13H19FO. The van der Waals surface area contributed by atoms with Crippen LogP contribution in [0.4, 0.5) is 4.39 Å². The molecule has 1 aromatic rings. The molecule has 0 saturated heterocycles. The van der Waals surface area contributed by atoms with Gasteiger partial charge in [-0.15, -0.1) is 0 Å². The Morgan fingerprint density at radius 3 is 2.13 bits per heavy atom. The van der Waals surface area contributed by atoms with Crippen molar-refractivity contribution in [3.05, 3.63) is 35.6 Å². The summed E-state index contributed by atoms with van der Waals surface area (Å²) in [4.78, 5) is 0. The first-order valence-electron chi connectivity index (χ1n) is 5.20. The van der Waals surface area contributed by atoms with Crippen molar-refractivity contribution in [3.63, 3.8) is 0 Å². The quantitative estimate of drug-likeness (QED) is 0.795. The van der Waals surface area contributed by atoms with E-state index >= 15 is 0 Å². The Hall–Kier alpha value is -0.890. The molecule has 1 N–H and O–H groups in total. The molecular weight excluding hydrogens is 191 g/mol. The third kappa shape index (κ3) is 2.78. The highest BCUT2D eigenvalue weighted by molar-refractivity contribution is 5.19. The van der Waals surface area contributed by atoms with Crippen molar-refractivity contribution in [2.75, 3.05) is 0 Å². The van der Waals surface area contributed by atoms with Crippen LogP contribution in [0.5, 0.6) is 0 Å². The lowest BCUT2D eigenvalue weighted by atomic mass is 9.74. The van der Waals surface area contributed by atoms with Gasteiger partial charge in [0.05, 0.1) is 5.60 Å². The van der Waals surface area contributed by atoms with E-state index < -0.39 is 5.60 Å². The van der Waals surface area contributed by atoms with Crippen molar-refractivity contribution < 1.29 is 9.50 Å². The van der Waals surface area contributed by atoms with Gasteiger partial charge in [0.1, 0.15) is 5.82 Å². The molecule has 1 nitrogen and oxygen atoms in total. The predicted octanol–water partition coefficient (Wildman–Crippen LogP) is 3.17. The fourth-order valence-electron chi connectivity index (χ4n) is 1.28. The number of halogens is 1. The third-order valence-electron chi connectivity index (χ3n) is 3.11. The zero-order valence-corrected chi connectivity index (χ0v) is 9.84. The van der Waals surface area contributed by atoms with Crippen LogP contribution in [0, 0.1) is 11.2 Å². The Morgan fingerprint density at radius 2 is 1.67 bits per heavy atom. The Balaban J connectivity index is 2.92. The summed E-state index contributed by atoms with van der Waals surface area (Å²) >= 11 is 0. The van der Waals surface area contributed by atoms with E-state index in [4.69, 9.17) is 0 Å².